The van der Waals surface area contributed by atoms with Crippen molar-refractivity contribution in [3.8, 4) is 11.3 Å². The van der Waals surface area contributed by atoms with E-state index in [9.17, 15) is 4.79 Å². The summed E-state index contributed by atoms with van der Waals surface area (Å²) in [6.45, 7) is 4.48. The number of thioether (sulfide) groups is 1. The summed E-state index contributed by atoms with van der Waals surface area (Å²) < 4.78 is 5.26. The van der Waals surface area contributed by atoms with E-state index < -0.39 is 0 Å². The van der Waals surface area contributed by atoms with E-state index in [4.69, 9.17) is 4.52 Å². The first-order chi connectivity index (χ1) is 15.1. The van der Waals surface area contributed by atoms with Crippen molar-refractivity contribution in [2.75, 3.05) is 6.54 Å². The summed E-state index contributed by atoms with van der Waals surface area (Å²) in [5.74, 6) is 1.37. The molecule has 0 fully saturated rings. The van der Waals surface area contributed by atoms with Crippen molar-refractivity contribution >= 4 is 29.0 Å². The number of carbonyl (C=O) groups is 1. The third kappa shape index (κ3) is 5.62. The Bertz CT molecular complexity index is 1170. The molecule has 1 N–H and O–H groups in total. The number of nitrogens with zero attached hydrogens (tertiary/aromatic N) is 2. The van der Waals surface area contributed by atoms with Crippen LogP contribution in [-0.4, -0.2) is 22.6 Å². The number of aryl methyl sites for hydroxylation is 2. The fourth-order valence-corrected chi connectivity index (χ4v) is 4.71. The molecule has 0 saturated carbocycles. The van der Waals surface area contributed by atoms with E-state index in [0.717, 1.165) is 39.0 Å². The largest absolute Gasteiger partial charge is 0.360 e. The molecule has 0 aliphatic rings. The summed E-state index contributed by atoms with van der Waals surface area (Å²) in [7, 11) is 0. The van der Waals surface area contributed by atoms with Crippen molar-refractivity contribution in [2.45, 2.75) is 30.9 Å². The predicted octanol–water partition coefficient (Wildman–Crippen LogP) is 5.68. The number of carbonyl (C=O) groups excluding carboxylic acids is 1. The second-order valence-corrected chi connectivity index (χ2v) is 9.25. The second kappa shape index (κ2) is 9.94. The molecule has 0 bridgehead atoms. The highest BCUT2D eigenvalue weighted by atomic mass is 32.2. The van der Waals surface area contributed by atoms with Crippen molar-refractivity contribution in [2.24, 2.45) is 0 Å². The third-order valence-electron chi connectivity index (χ3n) is 4.75. The Morgan fingerprint density at radius 3 is 2.65 bits per heavy atom. The molecule has 0 radical (unpaired) electrons. The Morgan fingerprint density at radius 1 is 1.13 bits per heavy atom. The van der Waals surface area contributed by atoms with Crippen molar-refractivity contribution in [1.29, 1.82) is 0 Å². The molecule has 158 valence electrons. The van der Waals surface area contributed by atoms with E-state index in [1.807, 2.05) is 44.2 Å². The van der Waals surface area contributed by atoms with Crippen LogP contribution in [0.4, 0.5) is 0 Å². The summed E-state index contributed by atoms with van der Waals surface area (Å²) in [6, 6.07) is 17.9. The summed E-state index contributed by atoms with van der Waals surface area (Å²) >= 11 is 3.23. The highest BCUT2D eigenvalue weighted by Crippen LogP contribution is 2.26. The molecule has 5 nitrogen and oxygen atoms in total. The molecule has 2 aromatic heterocycles. The molecule has 1 amide bonds. The first kappa shape index (κ1) is 21.3. The zero-order valence-corrected chi connectivity index (χ0v) is 19.1. The van der Waals surface area contributed by atoms with E-state index in [0.29, 0.717) is 17.9 Å². The molecule has 0 aliphatic heterocycles. The maximum Gasteiger partial charge on any atom is 0.252 e. The SMILES string of the molecule is Cc1cc(CSc2ccccc2C(=O)NCCc2ccc(-c3csc(C)n3)cc2)on1. The molecule has 0 atom stereocenters. The molecule has 7 heteroatoms. The van der Waals surface area contributed by atoms with Gasteiger partial charge in [-0.05, 0) is 38.0 Å². The Morgan fingerprint density at radius 2 is 1.94 bits per heavy atom. The van der Waals surface area contributed by atoms with E-state index in [1.165, 1.54) is 5.56 Å². The van der Waals surface area contributed by atoms with Crippen molar-refractivity contribution in [3.63, 3.8) is 0 Å². The molecule has 0 aliphatic carbocycles. The van der Waals surface area contributed by atoms with Gasteiger partial charge in [-0.3, -0.25) is 4.79 Å². The van der Waals surface area contributed by atoms with Crippen molar-refractivity contribution in [1.82, 2.24) is 15.5 Å². The lowest BCUT2D eigenvalue weighted by molar-refractivity contribution is 0.0951. The number of amides is 1. The summed E-state index contributed by atoms with van der Waals surface area (Å²) in [5.41, 5.74) is 4.84. The first-order valence-electron chi connectivity index (χ1n) is 10.0. The minimum Gasteiger partial charge on any atom is -0.360 e. The second-order valence-electron chi connectivity index (χ2n) is 7.17. The molecule has 31 heavy (non-hydrogen) atoms. The summed E-state index contributed by atoms with van der Waals surface area (Å²) in [4.78, 5) is 18.2. The lowest BCUT2D eigenvalue weighted by Crippen LogP contribution is -2.26. The number of aromatic nitrogens is 2. The van der Waals surface area contributed by atoms with Gasteiger partial charge in [-0.25, -0.2) is 4.98 Å². The molecule has 0 saturated heterocycles. The van der Waals surface area contributed by atoms with Gasteiger partial charge in [0.25, 0.3) is 5.91 Å². The van der Waals surface area contributed by atoms with Gasteiger partial charge < -0.3 is 9.84 Å². The molecular formula is C24H23N3O2S2. The number of hydrogen-bond acceptors (Lipinski definition) is 6. The van der Waals surface area contributed by atoms with Crippen LogP contribution in [0.1, 0.15) is 32.4 Å². The molecule has 2 heterocycles. The fraction of sp³-hybridized carbons (Fsp3) is 0.208. The maximum absolute atomic E-state index is 12.7. The van der Waals surface area contributed by atoms with Gasteiger partial charge in [0.1, 0.15) is 5.76 Å². The lowest BCUT2D eigenvalue weighted by atomic mass is 10.1. The van der Waals surface area contributed by atoms with Gasteiger partial charge in [0.05, 0.1) is 27.7 Å². The van der Waals surface area contributed by atoms with Gasteiger partial charge in [-0.1, -0.05) is 41.6 Å². The Hall–Kier alpha value is -2.90. The molecule has 0 unspecified atom stereocenters. The molecule has 4 rings (SSSR count). The zero-order chi connectivity index (χ0) is 21.6. The average molecular weight is 450 g/mol. The lowest BCUT2D eigenvalue weighted by Gasteiger charge is -2.10. The van der Waals surface area contributed by atoms with Crippen LogP contribution in [0.5, 0.6) is 0 Å². The van der Waals surface area contributed by atoms with Gasteiger partial charge >= 0.3 is 0 Å². The topological polar surface area (TPSA) is 68.0 Å². The van der Waals surface area contributed by atoms with Gasteiger partial charge in [-0.15, -0.1) is 23.1 Å². The van der Waals surface area contributed by atoms with Crippen LogP contribution < -0.4 is 5.32 Å². The van der Waals surface area contributed by atoms with Crippen LogP contribution in [0.2, 0.25) is 0 Å². The van der Waals surface area contributed by atoms with E-state index >= 15 is 0 Å². The van der Waals surface area contributed by atoms with E-state index in [1.54, 1.807) is 23.1 Å². The molecular weight excluding hydrogens is 426 g/mol. The number of thiazole rings is 1. The average Bonchev–Trinajstić information content (AvgIpc) is 3.41. The summed E-state index contributed by atoms with van der Waals surface area (Å²) in [5, 5.41) is 10.1. The standard InChI is InChI=1S/C24H23N3O2S2/c1-16-13-20(29-27-16)14-31-23-6-4-3-5-21(23)24(28)25-12-11-18-7-9-19(10-8-18)22-15-30-17(2)26-22/h3-10,13,15H,11-12,14H2,1-2H3,(H,25,28). The fourth-order valence-electron chi connectivity index (χ4n) is 3.17. The smallest absolute Gasteiger partial charge is 0.252 e. The van der Waals surface area contributed by atoms with Crippen LogP contribution in [0, 0.1) is 13.8 Å². The van der Waals surface area contributed by atoms with Crippen LogP contribution in [-0.2, 0) is 12.2 Å². The monoisotopic (exact) mass is 449 g/mol. The zero-order valence-electron chi connectivity index (χ0n) is 17.4. The van der Waals surface area contributed by atoms with Crippen LogP contribution in [0.15, 0.2) is 69.4 Å². The Labute approximate surface area is 189 Å². The van der Waals surface area contributed by atoms with Crippen molar-refractivity contribution < 1.29 is 9.32 Å². The van der Waals surface area contributed by atoms with Gasteiger partial charge in [0.2, 0.25) is 0 Å². The summed E-state index contributed by atoms with van der Waals surface area (Å²) in [6.07, 6.45) is 0.773. The number of nitrogens with one attached hydrogen (secondary N) is 1. The third-order valence-corrected chi connectivity index (χ3v) is 6.62. The van der Waals surface area contributed by atoms with Crippen molar-refractivity contribution in [3.05, 3.63) is 87.6 Å². The van der Waals surface area contributed by atoms with E-state index in [2.05, 4.69) is 45.1 Å². The quantitative estimate of drug-likeness (QED) is 0.351. The van der Waals surface area contributed by atoms with Crippen LogP contribution in [0.3, 0.4) is 0 Å². The first-order valence-corrected chi connectivity index (χ1v) is 11.9. The highest BCUT2D eigenvalue weighted by molar-refractivity contribution is 7.98. The predicted molar refractivity (Wildman–Crippen MR) is 126 cm³/mol. The van der Waals surface area contributed by atoms with Crippen LogP contribution in [0.25, 0.3) is 11.3 Å². The number of benzene rings is 2. The highest BCUT2D eigenvalue weighted by Gasteiger charge is 2.12. The normalized spacial score (nSPS) is 10.9. The molecule has 0 spiro atoms. The van der Waals surface area contributed by atoms with Gasteiger partial charge in [0, 0.05) is 28.5 Å². The minimum absolute atomic E-state index is 0.0635. The molecule has 2 aromatic carbocycles. The Kier molecular flexibility index (Phi) is 6.84. The minimum atomic E-state index is -0.0635. The molecule has 4 aromatic rings. The van der Waals surface area contributed by atoms with Gasteiger partial charge in [0.15, 0.2) is 0 Å². The maximum atomic E-state index is 12.7. The van der Waals surface area contributed by atoms with E-state index in [-0.39, 0.29) is 5.91 Å². The Balaban J connectivity index is 1.31. The number of rotatable bonds is 8. The van der Waals surface area contributed by atoms with Crippen LogP contribution >= 0.6 is 23.1 Å². The van der Waals surface area contributed by atoms with Gasteiger partial charge in [-0.2, -0.15) is 0 Å². The number of hydrogen-bond donors (Lipinski definition) is 1.